The van der Waals surface area contributed by atoms with Crippen LogP contribution in [0.3, 0.4) is 0 Å². The van der Waals surface area contributed by atoms with Crippen molar-refractivity contribution in [1.29, 1.82) is 0 Å². The van der Waals surface area contributed by atoms with Crippen molar-refractivity contribution in [2.45, 2.75) is 59.5 Å². The topological polar surface area (TPSA) is 73.9 Å². The lowest BCUT2D eigenvalue weighted by Gasteiger charge is -2.28. The van der Waals surface area contributed by atoms with Gasteiger partial charge in [0.2, 0.25) is 0 Å². The molecule has 0 aliphatic rings. The van der Waals surface area contributed by atoms with Gasteiger partial charge in [0.05, 0.1) is 13.2 Å². The minimum atomic E-state index is -0.912. The number of hydrogen-bond acceptors (Lipinski definition) is 5. The summed E-state index contributed by atoms with van der Waals surface area (Å²) in [7, 11) is 0. The maximum absolute atomic E-state index is 12.7. The van der Waals surface area contributed by atoms with E-state index in [1.54, 1.807) is 32.0 Å². The molecule has 0 heterocycles. The molecule has 1 rings (SSSR count). The number of esters is 1. The number of nitrogens with one attached hydrogen (secondary N) is 1. The van der Waals surface area contributed by atoms with Crippen LogP contribution in [-0.2, 0) is 14.3 Å². The van der Waals surface area contributed by atoms with Crippen LogP contribution < -0.4 is 10.1 Å². The molecule has 1 unspecified atom stereocenters. The Morgan fingerprint density at radius 1 is 1.08 bits per heavy atom. The predicted molar refractivity (Wildman–Crippen MR) is 102 cm³/mol. The zero-order chi connectivity index (χ0) is 19.6. The third kappa shape index (κ3) is 6.02. The van der Waals surface area contributed by atoms with Gasteiger partial charge in [-0.1, -0.05) is 20.3 Å². The molecule has 1 aromatic carbocycles. The number of anilines is 1. The molecular weight excluding hydrogens is 334 g/mol. The second-order valence-electron chi connectivity index (χ2n) is 6.15. The normalized spacial score (nSPS) is 13.0. The maximum Gasteiger partial charge on any atom is 0.341 e. The summed E-state index contributed by atoms with van der Waals surface area (Å²) < 4.78 is 16.4. The summed E-state index contributed by atoms with van der Waals surface area (Å²) in [6, 6.07) is 4.97. The predicted octanol–water partition coefficient (Wildman–Crippen LogP) is 4.19. The molecule has 1 N–H and O–H groups in total. The van der Waals surface area contributed by atoms with Crippen molar-refractivity contribution in [3.63, 3.8) is 0 Å². The highest BCUT2D eigenvalue weighted by Crippen LogP contribution is 2.26. The molecule has 0 bridgehead atoms. The first-order chi connectivity index (χ1) is 12.4. The van der Waals surface area contributed by atoms with Gasteiger partial charge >= 0.3 is 5.97 Å². The Hall–Kier alpha value is -2.08. The Kier molecular flexibility index (Phi) is 9.13. The van der Waals surface area contributed by atoms with Crippen molar-refractivity contribution >= 4 is 17.6 Å². The van der Waals surface area contributed by atoms with E-state index in [1.165, 1.54) is 0 Å². The molecule has 0 aromatic heterocycles. The molecule has 0 saturated carbocycles. The molecule has 0 aliphatic heterocycles. The number of ether oxygens (including phenoxy) is 3. The minimum Gasteiger partial charge on any atom is -0.493 e. The van der Waals surface area contributed by atoms with Crippen LogP contribution in [0.4, 0.5) is 5.69 Å². The standard InChI is InChI=1S/C20H31NO5/c1-6-12-20(5,26-9-4)19(23)21-15-10-11-17(25-13-7-2)16(14-15)18(22)24-8-3/h10-11,14H,6-9,12-13H2,1-5H3,(H,21,23). The number of carbonyl (C=O) groups is 2. The van der Waals surface area contributed by atoms with E-state index in [4.69, 9.17) is 14.2 Å². The van der Waals surface area contributed by atoms with E-state index in [0.717, 1.165) is 12.8 Å². The van der Waals surface area contributed by atoms with Gasteiger partial charge in [-0.25, -0.2) is 4.79 Å². The molecule has 0 spiro atoms. The molecule has 1 aromatic rings. The van der Waals surface area contributed by atoms with Gasteiger partial charge < -0.3 is 19.5 Å². The summed E-state index contributed by atoms with van der Waals surface area (Å²) >= 11 is 0. The average molecular weight is 365 g/mol. The van der Waals surface area contributed by atoms with Crippen molar-refractivity contribution in [3.05, 3.63) is 23.8 Å². The Bertz CT molecular complexity index is 594. The average Bonchev–Trinajstić information content (AvgIpc) is 2.61. The van der Waals surface area contributed by atoms with Crippen LogP contribution in [0.1, 0.15) is 64.2 Å². The van der Waals surface area contributed by atoms with Gasteiger partial charge in [-0.2, -0.15) is 0 Å². The number of benzene rings is 1. The Morgan fingerprint density at radius 3 is 2.38 bits per heavy atom. The molecule has 26 heavy (non-hydrogen) atoms. The third-order valence-electron chi connectivity index (χ3n) is 3.86. The summed E-state index contributed by atoms with van der Waals surface area (Å²) in [6.07, 6.45) is 2.25. The van der Waals surface area contributed by atoms with Crippen molar-refractivity contribution in [1.82, 2.24) is 0 Å². The second-order valence-corrected chi connectivity index (χ2v) is 6.15. The SMILES string of the molecule is CCCOc1ccc(NC(=O)C(C)(CCC)OCC)cc1C(=O)OCC. The van der Waals surface area contributed by atoms with Crippen LogP contribution in [0.2, 0.25) is 0 Å². The monoisotopic (exact) mass is 365 g/mol. The Labute approximate surface area is 156 Å². The molecule has 146 valence electrons. The summed E-state index contributed by atoms with van der Waals surface area (Å²) in [5.74, 6) is -0.265. The highest BCUT2D eigenvalue weighted by Gasteiger charge is 2.33. The van der Waals surface area contributed by atoms with Crippen LogP contribution in [0.15, 0.2) is 18.2 Å². The summed E-state index contributed by atoms with van der Waals surface area (Å²) in [4.78, 5) is 24.9. The van der Waals surface area contributed by atoms with Crippen LogP contribution in [-0.4, -0.2) is 37.3 Å². The fraction of sp³-hybridized carbons (Fsp3) is 0.600. The van der Waals surface area contributed by atoms with E-state index >= 15 is 0 Å². The van der Waals surface area contributed by atoms with Crippen molar-refractivity contribution in [2.75, 3.05) is 25.1 Å². The van der Waals surface area contributed by atoms with Gasteiger partial charge in [-0.3, -0.25) is 4.79 Å². The molecule has 6 nitrogen and oxygen atoms in total. The lowest BCUT2D eigenvalue weighted by Crippen LogP contribution is -2.42. The first-order valence-corrected chi connectivity index (χ1v) is 9.31. The van der Waals surface area contributed by atoms with E-state index in [2.05, 4.69) is 5.32 Å². The zero-order valence-electron chi connectivity index (χ0n) is 16.5. The minimum absolute atomic E-state index is 0.238. The smallest absolute Gasteiger partial charge is 0.341 e. The second kappa shape index (κ2) is 10.8. The summed E-state index contributed by atoms with van der Waals surface area (Å²) in [5.41, 5.74) is -0.110. The van der Waals surface area contributed by atoms with Crippen LogP contribution in [0.25, 0.3) is 0 Å². The van der Waals surface area contributed by atoms with Gasteiger partial charge in [-0.15, -0.1) is 0 Å². The van der Waals surface area contributed by atoms with Crippen molar-refractivity contribution in [3.8, 4) is 5.75 Å². The molecule has 0 fully saturated rings. The lowest BCUT2D eigenvalue weighted by atomic mass is 9.99. The first kappa shape index (κ1) is 22.0. The zero-order valence-corrected chi connectivity index (χ0v) is 16.5. The molecule has 1 atom stereocenters. The van der Waals surface area contributed by atoms with Crippen molar-refractivity contribution < 1.29 is 23.8 Å². The van der Waals surface area contributed by atoms with Crippen LogP contribution in [0.5, 0.6) is 5.75 Å². The van der Waals surface area contributed by atoms with Gasteiger partial charge in [0.25, 0.3) is 5.91 Å². The highest BCUT2D eigenvalue weighted by atomic mass is 16.5. The van der Waals surface area contributed by atoms with Crippen LogP contribution in [0, 0.1) is 0 Å². The number of amides is 1. The van der Waals surface area contributed by atoms with Gasteiger partial charge in [0.1, 0.15) is 16.9 Å². The van der Waals surface area contributed by atoms with Crippen molar-refractivity contribution in [2.24, 2.45) is 0 Å². The largest absolute Gasteiger partial charge is 0.493 e. The maximum atomic E-state index is 12.7. The van der Waals surface area contributed by atoms with Gasteiger partial charge in [0, 0.05) is 12.3 Å². The van der Waals surface area contributed by atoms with E-state index in [1.807, 2.05) is 20.8 Å². The summed E-state index contributed by atoms with van der Waals surface area (Å²) in [6.45, 7) is 10.6. The number of carbonyl (C=O) groups excluding carboxylic acids is 2. The molecule has 0 saturated heterocycles. The Balaban J connectivity index is 3.07. The Morgan fingerprint density at radius 2 is 1.81 bits per heavy atom. The number of hydrogen-bond donors (Lipinski definition) is 1. The lowest BCUT2D eigenvalue weighted by molar-refractivity contribution is -0.139. The van der Waals surface area contributed by atoms with E-state index in [9.17, 15) is 9.59 Å². The van der Waals surface area contributed by atoms with Crippen LogP contribution >= 0.6 is 0 Å². The quantitative estimate of drug-likeness (QED) is 0.595. The summed E-state index contributed by atoms with van der Waals surface area (Å²) in [5, 5.41) is 2.85. The molecule has 0 aliphatic carbocycles. The fourth-order valence-electron chi connectivity index (χ4n) is 2.62. The van der Waals surface area contributed by atoms with Gasteiger partial charge in [-0.05, 0) is 51.8 Å². The fourth-order valence-corrected chi connectivity index (χ4v) is 2.62. The number of rotatable bonds is 11. The molecular formula is C20H31NO5. The molecule has 1 amide bonds. The van der Waals surface area contributed by atoms with E-state index < -0.39 is 11.6 Å². The van der Waals surface area contributed by atoms with E-state index in [-0.39, 0.29) is 12.5 Å². The first-order valence-electron chi connectivity index (χ1n) is 9.31. The molecule has 6 heteroatoms. The highest BCUT2D eigenvalue weighted by molar-refractivity contribution is 5.99. The third-order valence-corrected chi connectivity index (χ3v) is 3.86. The molecule has 0 radical (unpaired) electrons. The van der Waals surface area contributed by atoms with E-state index in [0.29, 0.717) is 36.6 Å². The van der Waals surface area contributed by atoms with Gasteiger partial charge in [0.15, 0.2) is 0 Å².